The molecule has 0 unspecified atom stereocenters. The molecule has 0 spiro atoms. The van der Waals surface area contributed by atoms with Crippen LogP contribution in [0.5, 0.6) is 0 Å². The SMILES string of the molecule is Bc1ccc(-c2ccc(C3CCCCC3)cc2)cc1. The Morgan fingerprint density at radius 3 is 1.79 bits per heavy atom. The van der Waals surface area contributed by atoms with Crippen LogP contribution in [-0.2, 0) is 0 Å². The molecule has 1 aliphatic carbocycles. The Bertz CT molecular complexity index is 519. The van der Waals surface area contributed by atoms with Crippen LogP contribution in [0.25, 0.3) is 11.1 Å². The largest absolute Gasteiger partial charge is 0.139 e. The summed E-state index contributed by atoms with van der Waals surface area (Å²) in [4.78, 5) is 0. The van der Waals surface area contributed by atoms with Crippen LogP contribution in [0.1, 0.15) is 43.6 Å². The van der Waals surface area contributed by atoms with Gasteiger partial charge in [-0.3, -0.25) is 0 Å². The van der Waals surface area contributed by atoms with Crippen LogP contribution in [-0.4, -0.2) is 7.85 Å². The molecule has 19 heavy (non-hydrogen) atoms. The van der Waals surface area contributed by atoms with Gasteiger partial charge in [0.15, 0.2) is 0 Å². The van der Waals surface area contributed by atoms with E-state index in [0.717, 1.165) is 5.92 Å². The third-order valence-electron chi connectivity index (χ3n) is 4.37. The van der Waals surface area contributed by atoms with Crippen LogP contribution in [0.2, 0.25) is 0 Å². The van der Waals surface area contributed by atoms with Gasteiger partial charge in [0.2, 0.25) is 0 Å². The Morgan fingerprint density at radius 1 is 0.684 bits per heavy atom. The second kappa shape index (κ2) is 5.65. The average molecular weight is 248 g/mol. The molecule has 1 heteroatoms. The number of hydrogen-bond donors (Lipinski definition) is 0. The first-order chi connectivity index (χ1) is 9.33. The first kappa shape index (κ1) is 12.5. The minimum atomic E-state index is 0.806. The van der Waals surface area contributed by atoms with Crippen molar-refractivity contribution in [3.8, 4) is 11.1 Å². The van der Waals surface area contributed by atoms with Gasteiger partial charge in [-0.15, -0.1) is 0 Å². The maximum Gasteiger partial charge on any atom is 0.139 e. The Kier molecular flexibility index (Phi) is 3.73. The number of hydrogen-bond acceptors (Lipinski definition) is 0. The van der Waals surface area contributed by atoms with E-state index in [0.29, 0.717) is 0 Å². The molecule has 3 rings (SSSR count). The van der Waals surface area contributed by atoms with Gasteiger partial charge in [0, 0.05) is 0 Å². The lowest BCUT2D eigenvalue weighted by Crippen LogP contribution is -2.04. The first-order valence-electron chi connectivity index (χ1n) is 7.50. The molecule has 0 radical (unpaired) electrons. The minimum Gasteiger partial charge on any atom is -0.0889 e. The van der Waals surface area contributed by atoms with Crippen LogP contribution < -0.4 is 5.46 Å². The third-order valence-corrected chi connectivity index (χ3v) is 4.37. The van der Waals surface area contributed by atoms with Crippen LogP contribution in [0.3, 0.4) is 0 Å². The molecule has 0 bridgehead atoms. The van der Waals surface area contributed by atoms with E-state index in [1.54, 1.807) is 0 Å². The Hall–Kier alpha value is -1.50. The van der Waals surface area contributed by atoms with Gasteiger partial charge in [0.1, 0.15) is 7.85 Å². The molecule has 2 aromatic rings. The van der Waals surface area contributed by atoms with Gasteiger partial charge in [-0.25, -0.2) is 0 Å². The molecular weight excluding hydrogens is 227 g/mol. The summed E-state index contributed by atoms with van der Waals surface area (Å²) in [5, 5.41) is 0. The summed E-state index contributed by atoms with van der Waals surface area (Å²) in [5.41, 5.74) is 5.51. The standard InChI is InChI=1S/C18H21B/c19-18-12-10-17(11-13-18)16-8-6-15(7-9-16)14-4-2-1-3-5-14/h6-14H,1-5,19H2. The van der Waals surface area contributed by atoms with Gasteiger partial charge >= 0.3 is 0 Å². The van der Waals surface area contributed by atoms with Crippen molar-refractivity contribution in [2.45, 2.75) is 38.0 Å². The molecule has 0 aromatic heterocycles. The zero-order valence-electron chi connectivity index (χ0n) is 11.7. The average Bonchev–Trinajstić information content (AvgIpc) is 2.49. The predicted octanol–water partition coefficient (Wildman–Crippen LogP) is 3.66. The van der Waals surface area contributed by atoms with Gasteiger partial charge in [-0.1, -0.05) is 73.3 Å². The molecule has 0 aliphatic heterocycles. The summed E-state index contributed by atoms with van der Waals surface area (Å²) in [6, 6.07) is 18.0. The van der Waals surface area contributed by atoms with E-state index in [1.807, 2.05) is 0 Å². The fourth-order valence-electron chi connectivity index (χ4n) is 3.13. The van der Waals surface area contributed by atoms with Crippen molar-refractivity contribution in [2.24, 2.45) is 0 Å². The summed E-state index contributed by atoms with van der Waals surface area (Å²) < 4.78 is 0. The minimum absolute atomic E-state index is 0.806. The second-order valence-corrected chi connectivity index (χ2v) is 5.82. The maximum atomic E-state index is 2.34. The van der Waals surface area contributed by atoms with Crippen molar-refractivity contribution >= 4 is 13.3 Å². The van der Waals surface area contributed by atoms with Crippen molar-refractivity contribution in [2.75, 3.05) is 0 Å². The Labute approximate surface area is 117 Å². The van der Waals surface area contributed by atoms with Crippen molar-refractivity contribution in [3.63, 3.8) is 0 Å². The molecule has 2 aromatic carbocycles. The summed E-state index contributed by atoms with van der Waals surface area (Å²) >= 11 is 0. The van der Waals surface area contributed by atoms with E-state index in [-0.39, 0.29) is 0 Å². The van der Waals surface area contributed by atoms with Gasteiger partial charge in [-0.05, 0) is 35.4 Å². The molecule has 0 atom stereocenters. The van der Waals surface area contributed by atoms with E-state index < -0.39 is 0 Å². The van der Waals surface area contributed by atoms with Crippen molar-refractivity contribution < 1.29 is 0 Å². The van der Waals surface area contributed by atoms with E-state index in [9.17, 15) is 0 Å². The number of benzene rings is 2. The van der Waals surface area contributed by atoms with E-state index in [4.69, 9.17) is 0 Å². The zero-order chi connectivity index (χ0) is 13.1. The lowest BCUT2D eigenvalue weighted by molar-refractivity contribution is 0.443. The molecule has 0 heterocycles. The highest BCUT2D eigenvalue weighted by Crippen LogP contribution is 2.33. The van der Waals surface area contributed by atoms with Crippen molar-refractivity contribution in [1.29, 1.82) is 0 Å². The fourth-order valence-corrected chi connectivity index (χ4v) is 3.13. The molecule has 1 fully saturated rings. The van der Waals surface area contributed by atoms with Crippen LogP contribution in [0.4, 0.5) is 0 Å². The lowest BCUT2D eigenvalue weighted by Gasteiger charge is -2.22. The molecule has 96 valence electrons. The quantitative estimate of drug-likeness (QED) is 0.711. The van der Waals surface area contributed by atoms with Crippen LogP contribution in [0, 0.1) is 0 Å². The first-order valence-corrected chi connectivity index (χ1v) is 7.50. The summed E-state index contributed by atoms with van der Waals surface area (Å²) in [7, 11) is 2.13. The van der Waals surface area contributed by atoms with Crippen LogP contribution >= 0.6 is 0 Å². The topological polar surface area (TPSA) is 0 Å². The summed E-state index contributed by atoms with van der Waals surface area (Å²) in [5.74, 6) is 0.806. The summed E-state index contributed by atoms with van der Waals surface area (Å²) in [6.45, 7) is 0. The molecule has 0 amide bonds. The highest BCUT2D eigenvalue weighted by Gasteiger charge is 2.15. The van der Waals surface area contributed by atoms with Crippen molar-refractivity contribution in [3.05, 3.63) is 54.1 Å². The Balaban J connectivity index is 1.80. The van der Waals surface area contributed by atoms with Crippen LogP contribution in [0.15, 0.2) is 48.5 Å². The van der Waals surface area contributed by atoms with Gasteiger partial charge < -0.3 is 0 Å². The maximum absolute atomic E-state index is 2.34. The monoisotopic (exact) mass is 248 g/mol. The molecule has 0 nitrogen and oxygen atoms in total. The van der Waals surface area contributed by atoms with Crippen molar-refractivity contribution in [1.82, 2.24) is 0 Å². The highest BCUT2D eigenvalue weighted by molar-refractivity contribution is 6.32. The highest BCUT2D eigenvalue weighted by atomic mass is 14.2. The lowest BCUT2D eigenvalue weighted by atomic mass is 9.83. The van der Waals surface area contributed by atoms with Gasteiger partial charge in [0.05, 0.1) is 0 Å². The smallest absolute Gasteiger partial charge is 0.0889 e. The fraction of sp³-hybridized carbons (Fsp3) is 0.333. The summed E-state index contributed by atoms with van der Waals surface area (Å²) in [6.07, 6.45) is 7.00. The normalized spacial score (nSPS) is 16.4. The second-order valence-electron chi connectivity index (χ2n) is 5.82. The molecule has 0 saturated heterocycles. The van der Waals surface area contributed by atoms with Gasteiger partial charge in [-0.2, -0.15) is 0 Å². The molecule has 0 N–H and O–H groups in total. The van der Waals surface area contributed by atoms with E-state index in [2.05, 4.69) is 56.4 Å². The van der Waals surface area contributed by atoms with Gasteiger partial charge in [0.25, 0.3) is 0 Å². The zero-order valence-corrected chi connectivity index (χ0v) is 11.7. The molecule has 1 saturated carbocycles. The third kappa shape index (κ3) is 2.92. The van der Waals surface area contributed by atoms with E-state index in [1.165, 1.54) is 54.3 Å². The Morgan fingerprint density at radius 2 is 1.21 bits per heavy atom. The molecule has 1 aliphatic rings. The van der Waals surface area contributed by atoms with E-state index >= 15 is 0 Å². The number of rotatable bonds is 2. The molecular formula is C18H21B. The predicted molar refractivity (Wildman–Crippen MR) is 85.9 cm³/mol.